The standard InChI is InChI=1S/C21H27N2.C15H12FNO.2ClH.Ru/c1-14-9-16(3)20(17(4)10-14)22-7-8-23(13-22)21-18(5)11-15(2)12-19(21)6;1-11-9-13(16)4-3-12(11)10-17-14-5-7-15(18-2)8-6-14;;;/h9-13H,7-8H2,1-6H3;1,3-10H,2H3;2*1H;/q-1;;;;+2/p-2. The van der Waals surface area contributed by atoms with Gasteiger partial charge in [-0.15, -0.1) is 0 Å². The van der Waals surface area contributed by atoms with Crippen LogP contribution in [0.3, 0.4) is 0 Å². The Morgan fingerprint density at radius 3 is 1.70 bits per heavy atom. The fourth-order valence-corrected chi connectivity index (χ4v) is 7.56. The molecule has 0 N–H and O–H groups in total. The molecular weight excluding hydrogens is 681 g/mol. The summed E-state index contributed by atoms with van der Waals surface area (Å²) in [5.74, 6) is 0.440. The van der Waals surface area contributed by atoms with E-state index < -0.39 is 13.5 Å². The summed E-state index contributed by atoms with van der Waals surface area (Å²) in [6.07, 6.45) is 1.67. The van der Waals surface area contributed by atoms with Crippen LogP contribution < -0.4 is 14.5 Å². The molecular formula is C36H39Cl2FN3ORu-. The average Bonchev–Trinajstić information content (AvgIpc) is 3.40. The van der Waals surface area contributed by atoms with Gasteiger partial charge < -0.3 is 9.80 Å². The molecule has 1 aliphatic heterocycles. The molecule has 1 saturated heterocycles. The van der Waals surface area contributed by atoms with E-state index in [2.05, 4.69) is 87.3 Å². The third-order valence-electron chi connectivity index (χ3n) is 7.37. The predicted molar refractivity (Wildman–Crippen MR) is 184 cm³/mol. The van der Waals surface area contributed by atoms with Crippen LogP contribution in [0.2, 0.25) is 0 Å². The largest absolute Gasteiger partial charge is 0.502 e. The van der Waals surface area contributed by atoms with Gasteiger partial charge in [-0.1, -0.05) is 35.4 Å². The molecule has 5 rings (SSSR count). The summed E-state index contributed by atoms with van der Waals surface area (Å²) in [7, 11) is 13.3. The van der Waals surface area contributed by atoms with Gasteiger partial charge in [0.25, 0.3) is 0 Å². The molecule has 0 aromatic heterocycles. The Balaban J connectivity index is 0.000000202. The Morgan fingerprint density at radius 1 is 0.750 bits per heavy atom. The van der Waals surface area contributed by atoms with Crippen LogP contribution in [0.4, 0.5) is 21.5 Å². The molecule has 0 unspecified atom stereocenters. The second-order valence-electron chi connectivity index (χ2n) is 11.0. The summed E-state index contributed by atoms with van der Waals surface area (Å²) >= 11 is -2.02. The summed E-state index contributed by atoms with van der Waals surface area (Å²) in [4.78, 5) is 9.17. The molecule has 1 fully saturated rings. The van der Waals surface area contributed by atoms with E-state index in [1.54, 1.807) is 24.0 Å². The quantitative estimate of drug-likeness (QED) is 0.113. The molecule has 4 aromatic carbocycles. The van der Waals surface area contributed by atoms with Crippen LogP contribution in [-0.4, -0.2) is 31.0 Å². The minimum absolute atomic E-state index is 0.327. The van der Waals surface area contributed by atoms with E-state index >= 15 is 0 Å². The van der Waals surface area contributed by atoms with Gasteiger partial charge in [0, 0.05) is 24.5 Å². The van der Waals surface area contributed by atoms with Crippen molar-refractivity contribution in [2.24, 2.45) is 4.99 Å². The molecule has 0 spiro atoms. The Bertz CT molecular complexity index is 1570. The number of hydrogen-bond acceptors (Lipinski definition) is 4. The number of aliphatic imine (C=N–C) groups is 1. The fourth-order valence-electron chi connectivity index (χ4n) is 5.74. The Kier molecular flexibility index (Phi) is 11.8. The number of hydrogen-bond donors (Lipinski definition) is 0. The van der Waals surface area contributed by atoms with Crippen molar-refractivity contribution in [3.05, 3.63) is 124 Å². The zero-order valence-corrected chi connectivity index (χ0v) is 29.5. The molecule has 0 saturated carbocycles. The third-order valence-corrected chi connectivity index (χ3v) is 9.20. The van der Waals surface area contributed by atoms with Gasteiger partial charge in [0.2, 0.25) is 0 Å². The van der Waals surface area contributed by atoms with Crippen molar-refractivity contribution in [2.75, 3.05) is 30.0 Å². The van der Waals surface area contributed by atoms with E-state index in [0.29, 0.717) is 5.56 Å². The van der Waals surface area contributed by atoms with Crippen molar-refractivity contribution in [2.45, 2.75) is 41.5 Å². The molecule has 0 amide bonds. The van der Waals surface area contributed by atoms with Crippen LogP contribution in [0.25, 0.3) is 0 Å². The molecule has 1 heterocycles. The van der Waals surface area contributed by atoms with E-state index in [1.165, 1.54) is 56.9 Å². The second kappa shape index (κ2) is 15.3. The first kappa shape index (κ1) is 33.8. The predicted octanol–water partition coefficient (Wildman–Crippen LogP) is 9.64. The van der Waals surface area contributed by atoms with Gasteiger partial charge in [0.05, 0.1) is 0 Å². The first-order chi connectivity index (χ1) is 20.9. The average molecular weight is 721 g/mol. The topological polar surface area (TPSA) is 28.1 Å². The monoisotopic (exact) mass is 720 g/mol. The first-order valence-electron chi connectivity index (χ1n) is 14.3. The molecule has 0 radical (unpaired) electrons. The minimum atomic E-state index is -2.02. The van der Waals surface area contributed by atoms with Gasteiger partial charge in [0.15, 0.2) is 0 Å². The van der Waals surface area contributed by atoms with Crippen molar-refractivity contribution < 1.29 is 22.6 Å². The van der Waals surface area contributed by atoms with Gasteiger partial charge in [-0.2, -0.15) is 6.67 Å². The normalized spacial score (nSPS) is 13.2. The van der Waals surface area contributed by atoms with Crippen LogP contribution in [0, 0.1) is 54.0 Å². The van der Waals surface area contributed by atoms with Gasteiger partial charge >= 0.3 is 136 Å². The van der Waals surface area contributed by atoms with E-state index in [1.807, 2.05) is 24.3 Å². The number of nitrogens with zero attached hydrogens (tertiary/aromatic N) is 3. The Morgan fingerprint density at radius 2 is 1.25 bits per heavy atom. The van der Waals surface area contributed by atoms with Crippen LogP contribution in [0.15, 0.2) is 71.7 Å². The molecule has 44 heavy (non-hydrogen) atoms. The van der Waals surface area contributed by atoms with Crippen molar-refractivity contribution in [3.8, 4) is 5.75 Å². The fraction of sp³-hybridized carbons (Fsp3) is 0.250. The SMILES string of the molecule is COc1ccc(N=Cc2ccc(F)cc2[CH]=[Ru]([Cl])[Cl])cc1.Cc1cc(C)c(N2[CH-]N(c3c(C)cc(C)cc3C)CC2)c(C)c1. The van der Waals surface area contributed by atoms with Gasteiger partial charge in [-0.25, -0.2) is 0 Å². The zero-order chi connectivity index (χ0) is 32.0. The maximum absolute atomic E-state index is 13.3. The van der Waals surface area contributed by atoms with E-state index in [9.17, 15) is 4.39 Å². The molecule has 1 aliphatic rings. The molecule has 0 aliphatic carbocycles. The second-order valence-corrected chi connectivity index (χ2v) is 16.8. The van der Waals surface area contributed by atoms with Gasteiger partial charge in [-0.3, -0.25) is 0 Å². The maximum Gasteiger partial charge on any atom is 0.0146 e. The third kappa shape index (κ3) is 8.78. The van der Waals surface area contributed by atoms with E-state index in [-0.39, 0.29) is 5.82 Å². The number of benzene rings is 4. The molecule has 234 valence electrons. The van der Waals surface area contributed by atoms with Crippen molar-refractivity contribution in [1.82, 2.24) is 0 Å². The number of aryl methyl sites for hydroxylation is 6. The smallest absolute Gasteiger partial charge is 0.0146 e. The van der Waals surface area contributed by atoms with Gasteiger partial charge in [0.1, 0.15) is 0 Å². The summed E-state index contributed by atoms with van der Waals surface area (Å²) in [5, 5.41) is 0. The Labute approximate surface area is 274 Å². The van der Waals surface area contributed by atoms with Crippen molar-refractivity contribution in [1.29, 1.82) is 0 Å². The maximum atomic E-state index is 13.3. The van der Waals surface area contributed by atoms with Crippen LogP contribution in [0.1, 0.15) is 44.5 Å². The number of halogens is 3. The summed E-state index contributed by atoms with van der Waals surface area (Å²) < 4.78 is 20.1. The Hall–Kier alpha value is -3.05. The van der Waals surface area contributed by atoms with Crippen LogP contribution in [0.5, 0.6) is 5.75 Å². The number of methoxy groups -OCH3 is 1. The molecule has 4 nitrogen and oxygen atoms in total. The molecule has 4 aromatic rings. The summed E-state index contributed by atoms with van der Waals surface area (Å²) in [6, 6.07) is 20.9. The molecule has 0 atom stereocenters. The summed E-state index contributed by atoms with van der Waals surface area (Å²) in [5.41, 5.74) is 13.0. The number of rotatable bonds is 6. The zero-order valence-electron chi connectivity index (χ0n) is 26.2. The summed E-state index contributed by atoms with van der Waals surface area (Å²) in [6.45, 7) is 17.6. The van der Waals surface area contributed by atoms with E-state index in [0.717, 1.165) is 30.1 Å². The van der Waals surface area contributed by atoms with Gasteiger partial charge in [-0.05, 0) is 63.8 Å². The van der Waals surface area contributed by atoms with Crippen LogP contribution in [-0.2, 0) is 13.5 Å². The van der Waals surface area contributed by atoms with Crippen molar-refractivity contribution >= 4 is 47.3 Å². The number of ether oxygens (including phenoxy) is 1. The first-order valence-corrected chi connectivity index (χ1v) is 19.8. The molecule has 0 bridgehead atoms. The number of anilines is 2. The molecule has 8 heteroatoms. The van der Waals surface area contributed by atoms with Crippen molar-refractivity contribution in [3.63, 3.8) is 0 Å². The van der Waals surface area contributed by atoms with Crippen LogP contribution >= 0.6 is 19.4 Å². The van der Waals surface area contributed by atoms with E-state index in [4.69, 9.17) is 24.1 Å². The minimum Gasteiger partial charge on any atom is -0.502 e.